The first kappa shape index (κ1) is 23.7. The number of nitrogens with one attached hydrogen (secondary N) is 1. The minimum atomic E-state index is -1.13. The van der Waals surface area contributed by atoms with Crippen molar-refractivity contribution in [3.05, 3.63) is 48.0 Å². The van der Waals surface area contributed by atoms with Crippen molar-refractivity contribution < 1.29 is 29.0 Å². The Morgan fingerprint density at radius 1 is 1.00 bits per heavy atom. The highest BCUT2D eigenvalue weighted by Gasteiger charge is 2.25. The second-order valence-electron chi connectivity index (χ2n) is 7.12. The number of hydrogen-bond acceptors (Lipinski definition) is 6. The van der Waals surface area contributed by atoms with Gasteiger partial charge in [0.1, 0.15) is 30.4 Å². The number of carboxylic acids is 1. The Hall–Kier alpha value is -3.55. The van der Waals surface area contributed by atoms with Gasteiger partial charge in [-0.15, -0.1) is 0 Å². The van der Waals surface area contributed by atoms with Gasteiger partial charge in [0.05, 0.1) is 19.8 Å². The number of nitrogens with zero attached hydrogens (tertiary/aromatic N) is 1. The van der Waals surface area contributed by atoms with Crippen molar-refractivity contribution in [1.29, 1.82) is 0 Å². The zero-order valence-electron chi connectivity index (χ0n) is 18.3. The largest absolute Gasteiger partial charge is 0.496 e. The molecule has 8 heteroatoms. The van der Waals surface area contributed by atoms with Crippen LogP contribution in [0.5, 0.6) is 11.5 Å². The van der Waals surface area contributed by atoms with E-state index < -0.39 is 17.9 Å². The molecule has 0 spiro atoms. The number of carboxylic acid groups (broad SMARTS) is 1. The Balaban J connectivity index is 2.23. The molecular weight excluding hydrogens is 400 g/mol. The molecule has 0 aromatic heterocycles. The molecule has 2 rings (SSSR count). The molecule has 0 aliphatic carbocycles. The zero-order chi connectivity index (χ0) is 23.0. The summed E-state index contributed by atoms with van der Waals surface area (Å²) in [6.45, 7) is 3.55. The first-order valence-corrected chi connectivity index (χ1v) is 9.77. The summed E-state index contributed by atoms with van der Waals surface area (Å²) in [4.78, 5) is 28.9. The lowest BCUT2D eigenvalue weighted by atomic mass is 9.99. The summed E-state index contributed by atoms with van der Waals surface area (Å²) in [5.41, 5.74) is 2.55. The molecule has 0 aliphatic heterocycles. The molecule has 2 aromatic rings. The maximum absolute atomic E-state index is 12.4. The zero-order valence-corrected chi connectivity index (χ0v) is 18.3. The van der Waals surface area contributed by atoms with Gasteiger partial charge in [0.2, 0.25) is 0 Å². The molecule has 1 amide bonds. The Morgan fingerprint density at radius 3 is 2.03 bits per heavy atom. The monoisotopic (exact) mass is 428 g/mol. The molecule has 0 saturated carbocycles. The van der Waals surface area contributed by atoms with Gasteiger partial charge in [-0.25, -0.2) is 4.79 Å². The number of carbonyl (C=O) groups excluding carboxylic acids is 1. The second kappa shape index (κ2) is 11.0. The van der Waals surface area contributed by atoms with Crippen LogP contribution in [-0.2, 0) is 20.8 Å². The first-order valence-electron chi connectivity index (χ1n) is 9.77. The minimum Gasteiger partial charge on any atom is -0.496 e. The van der Waals surface area contributed by atoms with E-state index in [2.05, 4.69) is 10.5 Å². The van der Waals surface area contributed by atoms with Crippen molar-refractivity contribution in [1.82, 2.24) is 5.32 Å². The molecule has 0 fully saturated rings. The smallest absolute Gasteiger partial charge is 0.326 e. The Bertz CT molecular complexity index is 915. The van der Waals surface area contributed by atoms with E-state index in [-0.39, 0.29) is 18.1 Å². The van der Waals surface area contributed by atoms with Crippen molar-refractivity contribution in [2.45, 2.75) is 26.3 Å². The molecule has 2 aromatic carbocycles. The quantitative estimate of drug-likeness (QED) is 0.445. The fraction of sp³-hybridized carbons (Fsp3) is 0.348. The number of rotatable bonds is 10. The summed E-state index contributed by atoms with van der Waals surface area (Å²) < 4.78 is 10.9. The van der Waals surface area contributed by atoms with Gasteiger partial charge in [0.15, 0.2) is 0 Å². The Labute approximate surface area is 181 Å². The second-order valence-corrected chi connectivity index (χ2v) is 7.12. The fourth-order valence-corrected chi connectivity index (χ4v) is 3.12. The summed E-state index contributed by atoms with van der Waals surface area (Å²) in [5, 5.41) is 15.8. The lowest BCUT2D eigenvalue weighted by molar-refractivity contribution is -0.141. The van der Waals surface area contributed by atoms with Gasteiger partial charge >= 0.3 is 5.97 Å². The molecule has 1 atom stereocenters. The van der Waals surface area contributed by atoms with E-state index >= 15 is 0 Å². The number of amides is 1. The average Bonchev–Trinajstić information content (AvgIpc) is 2.76. The van der Waals surface area contributed by atoms with Crippen molar-refractivity contribution >= 4 is 17.6 Å². The SMILES string of the molecule is CO/N=C(/C(=O)N[C@@H](Cc1ccc(-c2c(OC)cccc2OC)cc1)C(=O)O)C(C)C. The first-order chi connectivity index (χ1) is 14.8. The fourth-order valence-electron chi connectivity index (χ4n) is 3.12. The van der Waals surface area contributed by atoms with E-state index in [0.717, 1.165) is 16.7 Å². The molecule has 31 heavy (non-hydrogen) atoms. The average molecular weight is 428 g/mol. The maximum Gasteiger partial charge on any atom is 0.326 e. The summed E-state index contributed by atoms with van der Waals surface area (Å²) in [7, 11) is 4.51. The van der Waals surface area contributed by atoms with Crippen LogP contribution in [0, 0.1) is 5.92 Å². The van der Waals surface area contributed by atoms with Gasteiger partial charge in [-0.3, -0.25) is 4.79 Å². The minimum absolute atomic E-state index is 0.114. The van der Waals surface area contributed by atoms with Crippen molar-refractivity contribution in [2.24, 2.45) is 11.1 Å². The number of benzene rings is 2. The highest BCUT2D eigenvalue weighted by atomic mass is 16.6. The van der Waals surface area contributed by atoms with Gasteiger partial charge in [0.25, 0.3) is 5.91 Å². The van der Waals surface area contributed by atoms with E-state index in [4.69, 9.17) is 14.3 Å². The van der Waals surface area contributed by atoms with Crippen LogP contribution < -0.4 is 14.8 Å². The molecule has 0 bridgehead atoms. The van der Waals surface area contributed by atoms with Gasteiger partial charge < -0.3 is 24.7 Å². The number of ether oxygens (including phenoxy) is 2. The summed E-state index contributed by atoms with van der Waals surface area (Å²) in [6, 6.07) is 11.8. The van der Waals surface area contributed by atoms with E-state index in [9.17, 15) is 14.7 Å². The lowest BCUT2D eigenvalue weighted by Gasteiger charge is -2.17. The van der Waals surface area contributed by atoms with Crippen molar-refractivity contribution in [3.63, 3.8) is 0 Å². The van der Waals surface area contributed by atoms with Crippen LogP contribution in [0.3, 0.4) is 0 Å². The molecular formula is C23H28N2O6. The number of methoxy groups -OCH3 is 2. The Morgan fingerprint density at radius 2 is 1.58 bits per heavy atom. The third-order valence-corrected chi connectivity index (χ3v) is 4.68. The van der Waals surface area contributed by atoms with E-state index in [1.54, 1.807) is 28.1 Å². The maximum atomic E-state index is 12.4. The predicted octanol–water partition coefficient (Wildman–Crippen LogP) is 3.14. The third-order valence-electron chi connectivity index (χ3n) is 4.68. The number of carbonyl (C=O) groups is 2. The summed E-state index contributed by atoms with van der Waals surface area (Å²) in [5.74, 6) is -0.587. The van der Waals surface area contributed by atoms with E-state index in [1.807, 2.05) is 42.5 Å². The highest BCUT2D eigenvalue weighted by Crippen LogP contribution is 2.38. The molecule has 8 nitrogen and oxygen atoms in total. The van der Waals surface area contributed by atoms with Crippen LogP contribution in [-0.4, -0.2) is 50.1 Å². The lowest BCUT2D eigenvalue weighted by Crippen LogP contribution is -2.46. The number of hydrogen-bond donors (Lipinski definition) is 2. The molecule has 0 aliphatic rings. The van der Waals surface area contributed by atoms with Gasteiger partial charge in [-0.05, 0) is 23.3 Å². The molecule has 0 radical (unpaired) electrons. The van der Waals surface area contributed by atoms with Crippen LogP contribution in [0.25, 0.3) is 11.1 Å². The molecule has 0 saturated heterocycles. The van der Waals surface area contributed by atoms with E-state index in [0.29, 0.717) is 11.5 Å². The summed E-state index contributed by atoms with van der Waals surface area (Å²) in [6.07, 6.45) is 0.114. The topological polar surface area (TPSA) is 106 Å². The van der Waals surface area contributed by atoms with Crippen LogP contribution >= 0.6 is 0 Å². The molecule has 2 N–H and O–H groups in total. The molecule has 0 unspecified atom stereocenters. The molecule has 0 heterocycles. The van der Waals surface area contributed by atoms with Crippen LogP contribution in [0.4, 0.5) is 0 Å². The summed E-state index contributed by atoms with van der Waals surface area (Å²) >= 11 is 0. The third kappa shape index (κ3) is 5.97. The van der Waals surface area contributed by atoms with Gasteiger partial charge in [-0.1, -0.05) is 49.3 Å². The predicted molar refractivity (Wildman–Crippen MR) is 118 cm³/mol. The Kier molecular flexibility index (Phi) is 8.43. The van der Waals surface area contributed by atoms with Crippen LogP contribution in [0.2, 0.25) is 0 Å². The van der Waals surface area contributed by atoms with Gasteiger partial charge in [-0.2, -0.15) is 0 Å². The van der Waals surface area contributed by atoms with Crippen LogP contribution in [0.1, 0.15) is 19.4 Å². The number of aliphatic carboxylic acids is 1. The highest BCUT2D eigenvalue weighted by molar-refractivity contribution is 6.39. The van der Waals surface area contributed by atoms with Crippen molar-refractivity contribution in [3.8, 4) is 22.6 Å². The normalized spacial score (nSPS) is 12.3. The van der Waals surface area contributed by atoms with Crippen molar-refractivity contribution in [2.75, 3.05) is 21.3 Å². The van der Waals surface area contributed by atoms with Crippen LogP contribution in [0.15, 0.2) is 47.6 Å². The molecule has 166 valence electrons. The van der Waals surface area contributed by atoms with E-state index in [1.165, 1.54) is 7.11 Å². The number of oxime groups is 1. The standard InChI is InChI=1S/C23H28N2O6/c1-14(2)21(25-31-5)22(26)24-17(23(27)28)13-15-9-11-16(12-10-15)20-18(29-3)7-6-8-19(20)30-4/h6-12,14,17H,13H2,1-5H3,(H,24,26)(H,27,28)/b25-21+/t17-/m0/s1. The van der Waals surface area contributed by atoms with Gasteiger partial charge in [0, 0.05) is 12.3 Å².